The fourth-order valence-corrected chi connectivity index (χ4v) is 2.21. The second kappa shape index (κ2) is 5.99. The van der Waals surface area contributed by atoms with Gasteiger partial charge in [-0.05, 0) is 40.2 Å². The van der Waals surface area contributed by atoms with Gasteiger partial charge in [0, 0.05) is 18.6 Å². The summed E-state index contributed by atoms with van der Waals surface area (Å²) in [6, 6.07) is 1.24. The molecule has 2 N–H and O–H groups in total. The van der Waals surface area contributed by atoms with Gasteiger partial charge in [-0.25, -0.2) is 0 Å². The standard InChI is InChI=1S/C13H28N2O/c1-5-6-11(2)15(4)9-13(3,10-16)14-12-7-8-12/h11-12,14,16H,5-10H2,1-4H3. The lowest BCUT2D eigenvalue weighted by molar-refractivity contribution is 0.111. The Labute approximate surface area is 100 Å². The van der Waals surface area contributed by atoms with Crippen LogP contribution in [-0.4, -0.2) is 47.8 Å². The Hall–Kier alpha value is -0.120. The third-order valence-electron chi connectivity index (χ3n) is 3.54. The zero-order valence-corrected chi connectivity index (χ0v) is 11.3. The molecule has 3 nitrogen and oxygen atoms in total. The fraction of sp³-hybridized carbons (Fsp3) is 1.00. The summed E-state index contributed by atoms with van der Waals surface area (Å²) in [5.41, 5.74) is -0.141. The second-order valence-electron chi connectivity index (χ2n) is 5.69. The summed E-state index contributed by atoms with van der Waals surface area (Å²) in [6.45, 7) is 7.74. The average molecular weight is 228 g/mol. The van der Waals surface area contributed by atoms with E-state index in [2.05, 4.69) is 38.0 Å². The van der Waals surface area contributed by atoms with Gasteiger partial charge in [-0.1, -0.05) is 13.3 Å². The van der Waals surface area contributed by atoms with Gasteiger partial charge < -0.3 is 15.3 Å². The Balaban J connectivity index is 2.40. The molecule has 2 unspecified atom stereocenters. The smallest absolute Gasteiger partial charge is 0.0623 e. The maximum atomic E-state index is 9.53. The van der Waals surface area contributed by atoms with Crippen LogP contribution < -0.4 is 5.32 Å². The topological polar surface area (TPSA) is 35.5 Å². The van der Waals surface area contributed by atoms with E-state index in [0.717, 1.165) is 6.54 Å². The first-order chi connectivity index (χ1) is 7.50. The van der Waals surface area contributed by atoms with Crippen LogP contribution in [0.15, 0.2) is 0 Å². The highest BCUT2D eigenvalue weighted by Gasteiger charge is 2.33. The number of aliphatic hydroxyl groups excluding tert-OH is 1. The molecular weight excluding hydrogens is 200 g/mol. The van der Waals surface area contributed by atoms with Gasteiger partial charge >= 0.3 is 0 Å². The minimum atomic E-state index is -0.141. The van der Waals surface area contributed by atoms with Crippen LogP contribution in [0, 0.1) is 0 Å². The van der Waals surface area contributed by atoms with E-state index >= 15 is 0 Å². The van der Waals surface area contributed by atoms with Crippen molar-refractivity contribution in [2.75, 3.05) is 20.2 Å². The van der Waals surface area contributed by atoms with Crippen LogP contribution in [0.3, 0.4) is 0 Å². The SMILES string of the molecule is CCCC(C)N(C)CC(C)(CO)NC1CC1. The number of nitrogens with one attached hydrogen (secondary N) is 1. The lowest BCUT2D eigenvalue weighted by Crippen LogP contribution is -2.55. The molecule has 1 aliphatic carbocycles. The molecular formula is C13H28N2O. The van der Waals surface area contributed by atoms with Crippen molar-refractivity contribution in [3.63, 3.8) is 0 Å². The van der Waals surface area contributed by atoms with Crippen LogP contribution in [0.4, 0.5) is 0 Å². The molecule has 1 aliphatic rings. The van der Waals surface area contributed by atoms with E-state index in [0.29, 0.717) is 12.1 Å². The maximum absolute atomic E-state index is 9.53. The Morgan fingerprint density at radius 1 is 1.50 bits per heavy atom. The van der Waals surface area contributed by atoms with Gasteiger partial charge in [0.25, 0.3) is 0 Å². The highest BCUT2D eigenvalue weighted by atomic mass is 16.3. The van der Waals surface area contributed by atoms with Crippen LogP contribution in [0.2, 0.25) is 0 Å². The molecule has 0 aromatic rings. The minimum absolute atomic E-state index is 0.141. The molecule has 0 heterocycles. The Morgan fingerprint density at radius 2 is 2.12 bits per heavy atom. The highest BCUT2D eigenvalue weighted by molar-refractivity contribution is 4.94. The molecule has 3 heteroatoms. The molecule has 16 heavy (non-hydrogen) atoms. The second-order valence-corrected chi connectivity index (χ2v) is 5.69. The summed E-state index contributed by atoms with van der Waals surface area (Å²) in [5.74, 6) is 0. The van der Waals surface area contributed by atoms with Crippen LogP contribution in [0.1, 0.15) is 46.5 Å². The molecule has 1 saturated carbocycles. The number of hydrogen-bond donors (Lipinski definition) is 2. The van der Waals surface area contributed by atoms with Gasteiger partial charge in [0.2, 0.25) is 0 Å². The van der Waals surface area contributed by atoms with Crippen LogP contribution in [0.25, 0.3) is 0 Å². The molecule has 0 aliphatic heterocycles. The third-order valence-corrected chi connectivity index (χ3v) is 3.54. The largest absolute Gasteiger partial charge is 0.394 e. The van der Waals surface area contributed by atoms with E-state index in [4.69, 9.17) is 0 Å². The monoisotopic (exact) mass is 228 g/mol. The molecule has 96 valence electrons. The zero-order chi connectivity index (χ0) is 12.2. The summed E-state index contributed by atoms with van der Waals surface area (Å²) >= 11 is 0. The van der Waals surface area contributed by atoms with Crippen LogP contribution in [0.5, 0.6) is 0 Å². The van der Waals surface area contributed by atoms with Crippen molar-refractivity contribution in [2.24, 2.45) is 0 Å². The quantitative estimate of drug-likeness (QED) is 0.662. The first kappa shape index (κ1) is 13.9. The average Bonchev–Trinajstić information content (AvgIpc) is 3.01. The number of nitrogens with zero attached hydrogens (tertiary/aromatic N) is 1. The summed E-state index contributed by atoms with van der Waals surface area (Å²) in [4.78, 5) is 2.36. The normalized spacial score (nSPS) is 22.1. The van der Waals surface area contributed by atoms with Crippen molar-refractivity contribution in [3.05, 3.63) is 0 Å². The van der Waals surface area contributed by atoms with E-state index in [-0.39, 0.29) is 12.1 Å². The van der Waals surface area contributed by atoms with E-state index in [1.165, 1.54) is 25.7 Å². The Kier molecular flexibility index (Phi) is 5.22. The lowest BCUT2D eigenvalue weighted by Gasteiger charge is -2.36. The van der Waals surface area contributed by atoms with E-state index in [1.54, 1.807) is 0 Å². The molecule has 1 rings (SSSR count). The molecule has 0 aromatic carbocycles. The molecule has 0 spiro atoms. The predicted molar refractivity (Wildman–Crippen MR) is 68.6 cm³/mol. The van der Waals surface area contributed by atoms with Gasteiger partial charge in [-0.15, -0.1) is 0 Å². The van der Waals surface area contributed by atoms with Gasteiger partial charge in [0.15, 0.2) is 0 Å². The lowest BCUT2D eigenvalue weighted by atomic mass is 10.0. The van der Waals surface area contributed by atoms with E-state index in [1.807, 2.05) is 0 Å². The van der Waals surface area contributed by atoms with Crippen LogP contribution >= 0.6 is 0 Å². The van der Waals surface area contributed by atoms with Gasteiger partial charge in [-0.3, -0.25) is 0 Å². The molecule has 0 bridgehead atoms. The number of likely N-dealkylation sites (N-methyl/N-ethyl adjacent to an activating group) is 1. The highest BCUT2D eigenvalue weighted by Crippen LogP contribution is 2.23. The molecule has 0 amide bonds. The van der Waals surface area contributed by atoms with Crippen molar-refractivity contribution >= 4 is 0 Å². The summed E-state index contributed by atoms with van der Waals surface area (Å²) < 4.78 is 0. The molecule has 0 radical (unpaired) electrons. The summed E-state index contributed by atoms with van der Waals surface area (Å²) in [7, 11) is 2.16. The fourth-order valence-electron chi connectivity index (χ4n) is 2.21. The maximum Gasteiger partial charge on any atom is 0.0623 e. The Bertz CT molecular complexity index is 206. The summed E-state index contributed by atoms with van der Waals surface area (Å²) in [5, 5.41) is 13.1. The first-order valence-corrected chi connectivity index (χ1v) is 6.59. The first-order valence-electron chi connectivity index (χ1n) is 6.59. The van der Waals surface area contributed by atoms with Gasteiger partial charge in [-0.2, -0.15) is 0 Å². The van der Waals surface area contributed by atoms with Crippen molar-refractivity contribution in [3.8, 4) is 0 Å². The Morgan fingerprint density at radius 3 is 2.56 bits per heavy atom. The van der Waals surface area contributed by atoms with Gasteiger partial charge in [0.1, 0.15) is 0 Å². The zero-order valence-electron chi connectivity index (χ0n) is 11.3. The minimum Gasteiger partial charge on any atom is -0.394 e. The van der Waals surface area contributed by atoms with Gasteiger partial charge in [0.05, 0.1) is 12.1 Å². The van der Waals surface area contributed by atoms with E-state index in [9.17, 15) is 5.11 Å². The number of rotatable bonds is 8. The third kappa shape index (κ3) is 4.40. The molecule has 2 atom stereocenters. The van der Waals surface area contributed by atoms with Crippen molar-refractivity contribution in [1.82, 2.24) is 10.2 Å². The summed E-state index contributed by atoms with van der Waals surface area (Å²) in [6.07, 6.45) is 4.98. The number of hydrogen-bond acceptors (Lipinski definition) is 3. The van der Waals surface area contributed by atoms with E-state index < -0.39 is 0 Å². The molecule has 1 fully saturated rings. The van der Waals surface area contributed by atoms with Crippen molar-refractivity contribution in [2.45, 2.75) is 64.1 Å². The predicted octanol–water partition coefficient (Wildman–Crippen LogP) is 1.61. The van der Waals surface area contributed by atoms with Crippen molar-refractivity contribution < 1.29 is 5.11 Å². The number of aliphatic hydroxyl groups is 1. The molecule has 0 aromatic heterocycles. The van der Waals surface area contributed by atoms with Crippen molar-refractivity contribution in [1.29, 1.82) is 0 Å². The molecule has 0 saturated heterocycles. The van der Waals surface area contributed by atoms with Crippen LogP contribution in [-0.2, 0) is 0 Å².